The molecule has 3 heterocycles. The molecule has 9 aromatic carbocycles. The smallest absolute Gasteiger partial charge is 0.333 e. The highest BCUT2D eigenvalue weighted by Gasteiger charge is 2.44. The van der Waals surface area contributed by atoms with Gasteiger partial charge >= 0.3 is 6.85 Å². The summed E-state index contributed by atoms with van der Waals surface area (Å²) < 4.78 is 2.73. The molecule has 67 heavy (non-hydrogen) atoms. The molecule has 0 bridgehead atoms. The van der Waals surface area contributed by atoms with Crippen molar-refractivity contribution in [2.24, 2.45) is 0 Å². The summed E-state index contributed by atoms with van der Waals surface area (Å²) in [4.78, 5) is 2.58. The Bertz CT molecular complexity index is 3580. The van der Waals surface area contributed by atoms with Crippen molar-refractivity contribution >= 4 is 67.4 Å². The van der Waals surface area contributed by atoms with E-state index in [-0.39, 0.29) is 23.1 Å². The second-order valence-electron chi connectivity index (χ2n) is 22.3. The van der Waals surface area contributed by atoms with Gasteiger partial charge in [0.25, 0.3) is 0 Å². The molecule has 0 aliphatic carbocycles. The molecule has 0 spiro atoms. The van der Waals surface area contributed by atoms with Crippen LogP contribution in [0.15, 0.2) is 182 Å². The molecule has 2 nitrogen and oxygen atoms in total. The molecule has 3 heteroatoms. The van der Waals surface area contributed by atoms with Crippen molar-refractivity contribution in [3.8, 4) is 44.5 Å². The van der Waals surface area contributed by atoms with Gasteiger partial charge in [-0.25, -0.2) is 0 Å². The molecule has 0 saturated carbocycles. The number of aromatic nitrogens is 1. The Labute approximate surface area is 396 Å². The molecule has 0 unspecified atom stereocenters. The lowest BCUT2D eigenvalue weighted by Gasteiger charge is -2.41. The molecule has 0 amide bonds. The second-order valence-corrected chi connectivity index (χ2v) is 22.3. The SMILES string of the molecule is CC(C)(C)c1cc(-c2cc3c4c(c2)N(c2ccc(-c5ccccc5)cc2)c2ccc(-c5ccccc5)cc2B4n2c4ccc5ccccc5c4c4cc(C(C)(C)C)cc-3c42)cc(C(C)(C)C)c1. The van der Waals surface area contributed by atoms with Crippen molar-refractivity contribution in [1.82, 2.24) is 4.48 Å². The summed E-state index contributed by atoms with van der Waals surface area (Å²) in [6.45, 7) is 21.1. The maximum atomic E-state index is 2.73. The summed E-state index contributed by atoms with van der Waals surface area (Å²) in [5, 5.41) is 5.24. The monoisotopic (exact) mass is 864 g/mol. The van der Waals surface area contributed by atoms with Gasteiger partial charge in [-0.05, 0) is 142 Å². The first kappa shape index (κ1) is 41.3. The fourth-order valence-corrected chi connectivity index (χ4v) is 11.1. The number of hydrogen-bond acceptors (Lipinski definition) is 1. The Morgan fingerprint density at radius 3 is 1.61 bits per heavy atom. The number of fused-ring (bicyclic) bond motifs is 9. The van der Waals surface area contributed by atoms with Crippen LogP contribution in [-0.4, -0.2) is 11.3 Å². The van der Waals surface area contributed by atoms with E-state index >= 15 is 0 Å². The Kier molecular flexibility index (Phi) is 9.07. The zero-order chi connectivity index (χ0) is 46.1. The van der Waals surface area contributed by atoms with Crippen LogP contribution >= 0.6 is 0 Å². The zero-order valence-electron chi connectivity index (χ0n) is 40.3. The summed E-state index contributed by atoms with van der Waals surface area (Å²) in [7, 11) is 0. The predicted octanol–water partition coefficient (Wildman–Crippen LogP) is 16.3. The van der Waals surface area contributed by atoms with Crippen molar-refractivity contribution in [3.05, 3.63) is 199 Å². The van der Waals surface area contributed by atoms with E-state index in [1.807, 2.05) is 0 Å². The standard InChI is InChI=1S/C64H57BN2/c1-62(2,3)47-32-45(33-48(37-47)63(4,5)6)46-34-52-53-38-49(64(7,8)9)39-54-59-51-23-17-16-22-43(51)26-31-57(59)67(61(53)54)65-55-35-44(41-20-14-11-15-21-41)27-30-56(55)66(58(36-46)60(52)65)50-28-24-42(25-29-50)40-18-12-10-13-19-40/h10-39H,1-9H3. The highest BCUT2D eigenvalue weighted by Crippen LogP contribution is 2.50. The molecule has 326 valence electrons. The normalized spacial score (nSPS) is 13.4. The van der Waals surface area contributed by atoms with E-state index in [2.05, 4.69) is 254 Å². The zero-order valence-corrected chi connectivity index (χ0v) is 40.3. The van der Waals surface area contributed by atoms with Crippen molar-refractivity contribution in [2.75, 3.05) is 4.90 Å². The predicted molar refractivity (Wildman–Crippen MR) is 290 cm³/mol. The number of rotatable bonds is 4. The molecule has 0 N–H and O–H groups in total. The summed E-state index contributed by atoms with van der Waals surface area (Å²) in [5.41, 5.74) is 22.7. The molecule has 2 aliphatic rings. The molecule has 0 fully saturated rings. The molecule has 0 saturated heterocycles. The average Bonchev–Trinajstić information content (AvgIpc) is 3.67. The van der Waals surface area contributed by atoms with Crippen LogP contribution in [0.4, 0.5) is 17.1 Å². The Morgan fingerprint density at radius 2 is 0.955 bits per heavy atom. The Hall–Kier alpha value is -7.10. The molecule has 12 rings (SSSR count). The summed E-state index contributed by atoms with van der Waals surface area (Å²) >= 11 is 0. The van der Waals surface area contributed by atoms with Gasteiger partial charge in [-0.2, -0.15) is 0 Å². The van der Waals surface area contributed by atoms with Crippen LogP contribution in [0.5, 0.6) is 0 Å². The van der Waals surface area contributed by atoms with E-state index in [0.717, 1.165) is 5.69 Å². The van der Waals surface area contributed by atoms with Crippen LogP contribution in [0.2, 0.25) is 0 Å². The number of hydrogen-bond donors (Lipinski definition) is 0. The highest BCUT2D eigenvalue weighted by molar-refractivity contribution is 6.90. The molecule has 1 aromatic heterocycles. The molecule has 10 aromatic rings. The molecular formula is C64H57BN2. The highest BCUT2D eigenvalue weighted by atomic mass is 15.2. The lowest BCUT2D eigenvalue weighted by molar-refractivity contribution is 0.569. The molecular weight excluding hydrogens is 808 g/mol. The van der Waals surface area contributed by atoms with Gasteiger partial charge in [0.2, 0.25) is 0 Å². The first-order chi connectivity index (χ1) is 32.1. The maximum Gasteiger partial charge on any atom is 0.333 e. The number of nitrogens with zero attached hydrogens (tertiary/aromatic N) is 2. The lowest BCUT2D eigenvalue weighted by atomic mass is 9.44. The van der Waals surface area contributed by atoms with E-state index in [4.69, 9.17) is 0 Å². The summed E-state index contributed by atoms with van der Waals surface area (Å²) in [5.74, 6) is 0. The van der Waals surface area contributed by atoms with E-state index in [0.29, 0.717) is 0 Å². The third kappa shape index (κ3) is 6.61. The molecule has 0 atom stereocenters. The Morgan fingerprint density at radius 1 is 0.388 bits per heavy atom. The van der Waals surface area contributed by atoms with Gasteiger partial charge in [-0.1, -0.05) is 196 Å². The van der Waals surface area contributed by atoms with Crippen molar-refractivity contribution in [3.63, 3.8) is 0 Å². The largest absolute Gasteiger partial charge is 0.375 e. The van der Waals surface area contributed by atoms with Gasteiger partial charge < -0.3 is 9.38 Å². The van der Waals surface area contributed by atoms with Crippen LogP contribution < -0.4 is 15.8 Å². The third-order valence-electron chi connectivity index (χ3n) is 14.8. The third-order valence-corrected chi connectivity index (χ3v) is 14.8. The molecule has 2 aliphatic heterocycles. The van der Waals surface area contributed by atoms with Gasteiger partial charge in [0.05, 0.1) is 0 Å². The summed E-state index contributed by atoms with van der Waals surface area (Å²) in [6, 6.07) is 69.4. The average molecular weight is 865 g/mol. The number of anilines is 3. The second kappa shape index (κ2) is 14.7. The van der Waals surface area contributed by atoms with Crippen LogP contribution in [0.1, 0.15) is 79.0 Å². The lowest BCUT2D eigenvalue weighted by Crippen LogP contribution is -2.56. The number of benzene rings is 9. The van der Waals surface area contributed by atoms with Crippen LogP contribution in [0.25, 0.3) is 77.1 Å². The van der Waals surface area contributed by atoms with Gasteiger partial charge in [-0.15, -0.1) is 0 Å². The summed E-state index contributed by atoms with van der Waals surface area (Å²) in [6.07, 6.45) is 0. The topological polar surface area (TPSA) is 8.17 Å². The van der Waals surface area contributed by atoms with E-state index in [1.54, 1.807) is 0 Å². The minimum absolute atomic E-state index is 0.0254. The van der Waals surface area contributed by atoms with Crippen molar-refractivity contribution in [1.29, 1.82) is 0 Å². The Balaban J connectivity index is 1.24. The quantitative estimate of drug-likeness (QED) is 0.160. The first-order valence-corrected chi connectivity index (χ1v) is 24.1. The van der Waals surface area contributed by atoms with Crippen LogP contribution in [0, 0.1) is 0 Å². The van der Waals surface area contributed by atoms with Gasteiger partial charge in [0.15, 0.2) is 0 Å². The van der Waals surface area contributed by atoms with E-state index in [9.17, 15) is 0 Å². The van der Waals surface area contributed by atoms with Gasteiger partial charge in [0.1, 0.15) is 0 Å². The van der Waals surface area contributed by atoms with Crippen LogP contribution in [-0.2, 0) is 16.2 Å². The first-order valence-electron chi connectivity index (χ1n) is 24.1. The minimum Gasteiger partial charge on any atom is -0.375 e. The maximum absolute atomic E-state index is 2.73. The van der Waals surface area contributed by atoms with Crippen LogP contribution in [0.3, 0.4) is 0 Å². The van der Waals surface area contributed by atoms with E-state index in [1.165, 1.54) is 116 Å². The van der Waals surface area contributed by atoms with Gasteiger partial charge in [0, 0.05) is 44.4 Å². The molecule has 0 radical (unpaired) electrons. The fraction of sp³-hybridized carbons (Fsp3) is 0.188. The fourth-order valence-electron chi connectivity index (χ4n) is 11.1. The van der Waals surface area contributed by atoms with Crippen molar-refractivity contribution in [2.45, 2.75) is 78.6 Å². The minimum atomic E-state index is -0.0854. The van der Waals surface area contributed by atoms with E-state index < -0.39 is 0 Å². The van der Waals surface area contributed by atoms with Gasteiger partial charge in [-0.3, -0.25) is 0 Å². The van der Waals surface area contributed by atoms with Crippen molar-refractivity contribution < 1.29 is 0 Å².